The molecule has 1 atom stereocenters. The van der Waals surface area contributed by atoms with Gasteiger partial charge < -0.3 is 16.0 Å². The van der Waals surface area contributed by atoms with E-state index in [9.17, 15) is 4.79 Å². The SMILES string of the molecule is CCn1c(C(=O)NCc2nc3ccccc3c3ncccc23)nnc1N1CCCC(N)C1. The van der Waals surface area contributed by atoms with Crippen molar-refractivity contribution >= 4 is 33.7 Å². The summed E-state index contributed by atoms with van der Waals surface area (Å²) in [6.07, 6.45) is 3.79. The molecule has 3 N–H and O–H groups in total. The first kappa shape index (κ1) is 20.3. The number of piperidine rings is 1. The average Bonchev–Trinajstić information content (AvgIpc) is 3.27. The Morgan fingerprint density at radius 2 is 2.03 bits per heavy atom. The van der Waals surface area contributed by atoms with E-state index >= 15 is 0 Å². The number of amides is 1. The number of carbonyl (C=O) groups is 1. The fourth-order valence-electron chi connectivity index (χ4n) is 4.39. The van der Waals surface area contributed by atoms with Gasteiger partial charge >= 0.3 is 0 Å². The van der Waals surface area contributed by atoms with Crippen LogP contribution in [-0.2, 0) is 13.1 Å². The minimum Gasteiger partial charge on any atom is -0.344 e. The van der Waals surface area contributed by atoms with E-state index in [2.05, 4.69) is 25.4 Å². The van der Waals surface area contributed by atoms with E-state index in [1.54, 1.807) is 6.20 Å². The topological polar surface area (TPSA) is 115 Å². The third-order valence-corrected chi connectivity index (χ3v) is 5.94. The second-order valence-electron chi connectivity index (χ2n) is 8.07. The summed E-state index contributed by atoms with van der Waals surface area (Å²) in [5, 5.41) is 13.4. The third kappa shape index (κ3) is 3.64. The number of nitrogens with one attached hydrogen (secondary N) is 1. The number of benzene rings is 1. The van der Waals surface area contributed by atoms with Gasteiger partial charge in [0, 0.05) is 42.6 Å². The molecule has 1 aliphatic rings. The number of fused-ring (bicyclic) bond motifs is 3. The smallest absolute Gasteiger partial charge is 0.289 e. The molecule has 9 heteroatoms. The highest BCUT2D eigenvalue weighted by molar-refractivity contribution is 6.04. The Kier molecular flexibility index (Phi) is 5.40. The van der Waals surface area contributed by atoms with Crippen molar-refractivity contribution in [3.05, 3.63) is 54.1 Å². The number of anilines is 1. The highest BCUT2D eigenvalue weighted by Crippen LogP contribution is 2.24. The lowest BCUT2D eigenvalue weighted by Crippen LogP contribution is -2.44. The molecule has 0 bridgehead atoms. The van der Waals surface area contributed by atoms with Crippen molar-refractivity contribution in [2.24, 2.45) is 5.73 Å². The second kappa shape index (κ2) is 8.51. The van der Waals surface area contributed by atoms with Crippen LogP contribution in [0.2, 0.25) is 0 Å². The van der Waals surface area contributed by atoms with Crippen molar-refractivity contribution in [1.82, 2.24) is 30.0 Å². The van der Waals surface area contributed by atoms with Crippen molar-refractivity contribution in [1.29, 1.82) is 0 Å². The number of aromatic nitrogens is 5. The fraction of sp³-hybridized carbons (Fsp3) is 0.348. The highest BCUT2D eigenvalue weighted by Gasteiger charge is 2.25. The van der Waals surface area contributed by atoms with Crippen LogP contribution < -0.4 is 16.0 Å². The number of hydrogen-bond donors (Lipinski definition) is 2. The van der Waals surface area contributed by atoms with E-state index in [1.165, 1.54) is 0 Å². The molecule has 3 aromatic heterocycles. The molecule has 0 saturated carbocycles. The first-order valence-electron chi connectivity index (χ1n) is 11.0. The molecular weight excluding hydrogens is 404 g/mol. The van der Waals surface area contributed by atoms with E-state index in [0.717, 1.165) is 53.4 Å². The maximum Gasteiger partial charge on any atom is 0.289 e. The molecule has 1 amide bonds. The van der Waals surface area contributed by atoms with E-state index < -0.39 is 0 Å². The highest BCUT2D eigenvalue weighted by atomic mass is 16.2. The van der Waals surface area contributed by atoms with Gasteiger partial charge in [0.05, 0.1) is 23.3 Å². The molecule has 1 unspecified atom stereocenters. The van der Waals surface area contributed by atoms with Crippen molar-refractivity contribution in [3.63, 3.8) is 0 Å². The van der Waals surface area contributed by atoms with Gasteiger partial charge in [0.25, 0.3) is 5.91 Å². The molecule has 5 rings (SSSR count). The largest absolute Gasteiger partial charge is 0.344 e. The predicted molar refractivity (Wildman–Crippen MR) is 123 cm³/mol. The second-order valence-corrected chi connectivity index (χ2v) is 8.07. The van der Waals surface area contributed by atoms with Crippen LogP contribution in [0.4, 0.5) is 5.95 Å². The molecule has 164 valence electrons. The summed E-state index contributed by atoms with van der Waals surface area (Å²) >= 11 is 0. The Balaban J connectivity index is 1.41. The van der Waals surface area contributed by atoms with Gasteiger partial charge in [0.1, 0.15) is 0 Å². The zero-order chi connectivity index (χ0) is 22.1. The summed E-state index contributed by atoms with van der Waals surface area (Å²) in [4.78, 5) is 24.5. The van der Waals surface area contributed by atoms with Gasteiger partial charge in [-0.3, -0.25) is 19.3 Å². The van der Waals surface area contributed by atoms with Crippen LogP contribution in [0, 0.1) is 0 Å². The Bertz CT molecular complexity index is 1280. The Morgan fingerprint density at radius 3 is 2.88 bits per heavy atom. The monoisotopic (exact) mass is 430 g/mol. The Hall–Kier alpha value is -3.59. The fourth-order valence-corrected chi connectivity index (χ4v) is 4.39. The number of pyridine rings is 2. The summed E-state index contributed by atoms with van der Waals surface area (Å²) < 4.78 is 1.85. The minimum absolute atomic E-state index is 0.115. The van der Waals surface area contributed by atoms with Crippen molar-refractivity contribution < 1.29 is 4.79 Å². The van der Waals surface area contributed by atoms with Crippen LogP contribution in [0.3, 0.4) is 0 Å². The van der Waals surface area contributed by atoms with Gasteiger partial charge in [-0.05, 0) is 38.0 Å². The van der Waals surface area contributed by atoms with Crippen LogP contribution in [0.25, 0.3) is 21.8 Å². The van der Waals surface area contributed by atoms with Crippen LogP contribution in [0.1, 0.15) is 36.1 Å². The third-order valence-electron chi connectivity index (χ3n) is 5.94. The predicted octanol–water partition coefficient (Wildman–Crippen LogP) is 2.25. The summed E-state index contributed by atoms with van der Waals surface area (Å²) in [5.41, 5.74) is 8.62. The molecule has 0 spiro atoms. The number of para-hydroxylation sites is 1. The van der Waals surface area contributed by atoms with E-state index in [4.69, 9.17) is 10.7 Å². The quantitative estimate of drug-likeness (QED) is 0.467. The van der Waals surface area contributed by atoms with Crippen LogP contribution >= 0.6 is 0 Å². The maximum atomic E-state index is 13.0. The zero-order valence-corrected chi connectivity index (χ0v) is 18.0. The van der Waals surface area contributed by atoms with Gasteiger partial charge in [0.15, 0.2) is 0 Å². The minimum atomic E-state index is -0.279. The molecule has 4 heterocycles. The molecule has 32 heavy (non-hydrogen) atoms. The van der Waals surface area contributed by atoms with Crippen molar-refractivity contribution in [2.45, 2.75) is 38.9 Å². The van der Waals surface area contributed by atoms with Gasteiger partial charge in [0.2, 0.25) is 11.8 Å². The molecular formula is C23H26N8O. The lowest BCUT2D eigenvalue weighted by molar-refractivity contribution is 0.0935. The molecule has 9 nitrogen and oxygen atoms in total. The molecule has 1 aromatic carbocycles. The summed E-state index contributed by atoms with van der Waals surface area (Å²) in [6, 6.07) is 11.9. The number of hydrogen-bond acceptors (Lipinski definition) is 7. The number of rotatable bonds is 5. The van der Waals surface area contributed by atoms with Crippen molar-refractivity contribution in [3.8, 4) is 0 Å². The summed E-state index contributed by atoms with van der Waals surface area (Å²) in [5.74, 6) is 0.718. The van der Waals surface area contributed by atoms with E-state index in [1.807, 2.05) is 47.9 Å². The van der Waals surface area contributed by atoms with Gasteiger partial charge in [-0.15, -0.1) is 10.2 Å². The standard InChI is InChI=1S/C23H26N8O/c1-2-31-21(28-29-23(31)30-12-6-7-15(24)14-30)22(32)26-13-19-17-9-5-11-25-20(17)16-8-3-4-10-18(16)27-19/h3-5,8-11,15H,2,6-7,12-14,24H2,1H3,(H,26,32). The molecule has 4 aromatic rings. The first-order chi connectivity index (χ1) is 15.7. The van der Waals surface area contributed by atoms with Crippen LogP contribution in [-0.4, -0.2) is 49.8 Å². The van der Waals surface area contributed by atoms with Crippen LogP contribution in [0.5, 0.6) is 0 Å². The molecule has 0 aliphatic carbocycles. The number of carbonyl (C=O) groups excluding carboxylic acids is 1. The molecule has 1 fully saturated rings. The van der Waals surface area contributed by atoms with E-state index in [0.29, 0.717) is 18.3 Å². The first-order valence-corrected chi connectivity index (χ1v) is 11.0. The lowest BCUT2D eigenvalue weighted by Gasteiger charge is -2.31. The molecule has 1 aliphatic heterocycles. The normalized spacial score (nSPS) is 16.6. The Labute approximate surface area is 185 Å². The Morgan fingerprint density at radius 1 is 1.19 bits per heavy atom. The summed E-state index contributed by atoms with van der Waals surface area (Å²) in [6.45, 7) is 4.44. The summed E-state index contributed by atoms with van der Waals surface area (Å²) in [7, 11) is 0. The van der Waals surface area contributed by atoms with Crippen molar-refractivity contribution in [2.75, 3.05) is 18.0 Å². The average molecular weight is 431 g/mol. The zero-order valence-electron chi connectivity index (χ0n) is 18.0. The lowest BCUT2D eigenvalue weighted by atomic mass is 10.1. The van der Waals surface area contributed by atoms with Gasteiger partial charge in [-0.1, -0.05) is 18.2 Å². The molecule has 1 saturated heterocycles. The number of nitrogens with zero attached hydrogens (tertiary/aromatic N) is 6. The van der Waals surface area contributed by atoms with Crippen LogP contribution in [0.15, 0.2) is 42.6 Å². The molecule has 0 radical (unpaired) electrons. The maximum absolute atomic E-state index is 13.0. The number of nitrogens with two attached hydrogens (primary N) is 1. The van der Waals surface area contributed by atoms with E-state index in [-0.39, 0.29) is 18.5 Å². The van der Waals surface area contributed by atoms with Gasteiger partial charge in [-0.25, -0.2) is 0 Å². The van der Waals surface area contributed by atoms with Gasteiger partial charge in [-0.2, -0.15) is 0 Å².